The largest absolute Gasteiger partial charge is 0.355 e. The van der Waals surface area contributed by atoms with Gasteiger partial charge >= 0.3 is 0 Å². The van der Waals surface area contributed by atoms with Crippen molar-refractivity contribution < 1.29 is 4.79 Å². The highest BCUT2D eigenvalue weighted by Gasteiger charge is 2.20. The van der Waals surface area contributed by atoms with E-state index >= 15 is 0 Å². The average Bonchev–Trinajstić information content (AvgIpc) is 2.34. The lowest BCUT2D eigenvalue weighted by molar-refractivity contribution is -0.120. The van der Waals surface area contributed by atoms with Gasteiger partial charge in [0.25, 0.3) is 0 Å². The third kappa shape index (κ3) is 6.39. The molecule has 3 nitrogen and oxygen atoms in total. The standard InChI is InChI=1S/C16H26N2O/c1-5-17-15(19)12-18-14(11-16(2,3)4)13-9-7-6-8-10-13/h6-10,14,18H,5,11-12H2,1-4H3,(H,17,19). The average molecular weight is 262 g/mol. The second-order valence-corrected chi connectivity index (χ2v) is 6.06. The molecule has 1 amide bonds. The number of carbonyl (C=O) groups excluding carboxylic acids is 1. The Labute approximate surface area is 116 Å². The lowest BCUT2D eigenvalue weighted by Gasteiger charge is -2.27. The van der Waals surface area contributed by atoms with Gasteiger partial charge in [-0.25, -0.2) is 0 Å². The molecule has 1 aromatic carbocycles. The Bertz CT molecular complexity index is 381. The van der Waals surface area contributed by atoms with Gasteiger partial charge in [0, 0.05) is 12.6 Å². The normalized spacial score (nSPS) is 13.1. The molecule has 0 fully saturated rings. The number of hydrogen-bond acceptors (Lipinski definition) is 2. The monoisotopic (exact) mass is 262 g/mol. The molecular formula is C16H26N2O. The molecule has 106 valence electrons. The molecule has 1 atom stereocenters. The molecule has 0 radical (unpaired) electrons. The van der Waals surface area contributed by atoms with Crippen LogP contribution in [0.2, 0.25) is 0 Å². The van der Waals surface area contributed by atoms with Crippen molar-refractivity contribution >= 4 is 5.91 Å². The zero-order valence-corrected chi connectivity index (χ0v) is 12.5. The van der Waals surface area contributed by atoms with Gasteiger partial charge in [-0.05, 0) is 24.3 Å². The molecule has 0 bridgehead atoms. The number of amides is 1. The molecule has 1 unspecified atom stereocenters. The Balaban J connectivity index is 2.68. The van der Waals surface area contributed by atoms with Crippen LogP contribution in [0.1, 0.15) is 45.7 Å². The number of carbonyl (C=O) groups is 1. The summed E-state index contributed by atoms with van der Waals surface area (Å²) >= 11 is 0. The number of rotatable bonds is 6. The second kappa shape index (κ2) is 7.29. The molecule has 0 saturated carbocycles. The van der Waals surface area contributed by atoms with Crippen molar-refractivity contribution in [3.05, 3.63) is 35.9 Å². The van der Waals surface area contributed by atoms with Crippen molar-refractivity contribution in [3.8, 4) is 0 Å². The highest BCUT2D eigenvalue weighted by atomic mass is 16.1. The van der Waals surface area contributed by atoms with Crippen molar-refractivity contribution in [2.75, 3.05) is 13.1 Å². The topological polar surface area (TPSA) is 41.1 Å². The maximum Gasteiger partial charge on any atom is 0.233 e. The summed E-state index contributed by atoms with van der Waals surface area (Å²) in [4.78, 5) is 11.6. The van der Waals surface area contributed by atoms with E-state index in [0.717, 1.165) is 6.42 Å². The van der Waals surface area contributed by atoms with E-state index in [1.807, 2.05) is 25.1 Å². The maximum atomic E-state index is 11.6. The molecule has 0 aliphatic rings. The summed E-state index contributed by atoms with van der Waals surface area (Å²) in [5.74, 6) is 0.0531. The fourth-order valence-electron chi connectivity index (χ4n) is 2.08. The zero-order chi connectivity index (χ0) is 14.3. The van der Waals surface area contributed by atoms with Crippen LogP contribution in [0.25, 0.3) is 0 Å². The van der Waals surface area contributed by atoms with E-state index < -0.39 is 0 Å². The molecule has 2 N–H and O–H groups in total. The number of hydrogen-bond donors (Lipinski definition) is 2. The van der Waals surface area contributed by atoms with E-state index in [1.165, 1.54) is 5.56 Å². The van der Waals surface area contributed by atoms with Gasteiger partial charge in [0.1, 0.15) is 0 Å². The molecule has 0 saturated heterocycles. The molecule has 1 rings (SSSR count). The zero-order valence-electron chi connectivity index (χ0n) is 12.5. The van der Waals surface area contributed by atoms with Crippen molar-refractivity contribution in [3.63, 3.8) is 0 Å². The Kier molecular flexibility index (Phi) is 6.03. The van der Waals surface area contributed by atoms with Gasteiger partial charge in [0.05, 0.1) is 6.54 Å². The summed E-state index contributed by atoms with van der Waals surface area (Å²) < 4.78 is 0. The van der Waals surface area contributed by atoms with Crippen LogP contribution in [0.3, 0.4) is 0 Å². The van der Waals surface area contributed by atoms with Gasteiger partial charge < -0.3 is 10.6 Å². The van der Waals surface area contributed by atoms with Gasteiger partial charge in [-0.1, -0.05) is 51.1 Å². The van der Waals surface area contributed by atoms with Crippen LogP contribution in [-0.2, 0) is 4.79 Å². The van der Waals surface area contributed by atoms with E-state index in [2.05, 4.69) is 43.5 Å². The minimum Gasteiger partial charge on any atom is -0.355 e. The molecule has 0 heterocycles. The molecule has 3 heteroatoms. The molecule has 0 aromatic heterocycles. The predicted octanol–water partition coefficient (Wildman–Crippen LogP) is 2.89. The molecule has 19 heavy (non-hydrogen) atoms. The summed E-state index contributed by atoms with van der Waals surface area (Å²) in [7, 11) is 0. The SMILES string of the molecule is CCNC(=O)CNC(CC(C)(C)C)c1ccccc1. The van der Waals surface area contributed by atoms with Gasteiger partial charge in [-0.2, -0.15) is 0 Å². The van der Waals surface area contributed by atoms with Gasteiger partial charge in [0.15, 0.2) is 0 Å². The number of likely N-dealkylation sites (N-methyl/N-ethyl adjacent to an activating group) is 1. The van der Waals surface area contributed by atoms with Crippen LogP contribution in [-0.4, -0.2) is 19.0 Å². The summed E-state index contributed by atoms with van der Waals surface area (Å²) in [5.41, 5.74) is 1.45. The third-order valence-electron chi connectivity index (χ3n) is 2.90. The summed E-state index contributed by atoms with van der Waals surface area (Å²) in [6.07, 6.45) is 0.996. The Morgan fingerprint density at radius 3 is 2.37 bits per heavy atom. The van der Waals surface area contributed by atoms with Crippen molar-refractivity contribution in [2.45, 2.75) is 40.2 Å². The lowest BCUT2D eigenvalue weighted by atomic mass is 9.85. The van der Waals surface area contributed by atoms with Crippen molar-refractivity contribution in [1.82, 2.24) is 10.6 Å². The van der Waals surface area contributed by atoms with Crippen LogP contribution in [0.15, 0.2) is 30.3 Å². The first kappa shape index (κ1) is 15.7. The quantitative estimate of drug-likeness (QED) is 0.827. The fourth-order valence-corrected chi connectivity index (χ4v) is 2.08. The smallest absolute Gasteiger partial charge is 0.233 e. The van der Waals surface area contributed by atoms with Crippen molar-refractivity contribution in [1.29, 1.82) is 0 Å². The number of benzene rings is 1. The van der Waals surface area contributed by atoms with E-state index in [1.54, 1.807) is 0 Å². The fraction of sp³-hybridized carbons (Fsp3) is 0.562. The van der Waals surface area contributed by atoms with Crippen LogP contribution in [0, 0.1) is 5.41 Å². The van der Waals surface area contributed by atoms with Crippen LogP contribution in [0.5, 0.6) is 0 Å². The molecule has 0 aliphatic carbocycles. The van der Waals surface area contributed by atoms with E-state index in [4.69, 9.17) is 0 Å². The third-order valence-corrected chi connectivity index (χ3v) is 2.90. The summed E-state index contributed by atoms with van der Waals surface area (Å²) in [6.45, 7) is 9.63. The summed E-state index contributed by atoms with van der Waals surface area (Å²) in [5, 5.41) is 6.18. The van der Waals surface area contributed by atoms with E-state index in [9.17, 15) is 4.79 Å². The Hall–Kier alpha value is -1.35. The van der Waals surface area contributed by atoms with Gasteiger partial charge in [-0.3, -0.25) is 4.79 Å². The summed E-state index contributed by atoms with van der Waals surface area (Å²) in [6, 6.07) is 10.5. The first-order valence-corrected chi connectivity index (χ1v) is 6.97. The van der Waals surface area contributed by atoms with Crippen LogP contribution >= 0.6 is 0 Å². The van der Waals surface area contributed by atoms with Crippen LogP contribution < -0.4 is 10.6 Å². The van der Waals surface area contributed by atoms with E-state index in [-0.39, 0.29) is 17.4 Å². The van der Waals surface area contributed by atoms with E-state index in [0.29, 0.717) is 13.1 Å². The molecule has 1 aromatic rings. The second-order valence-electron chi connectivity index (χ2n) is 6.06. The van der Waals surface area contributed by atoms with Gasteiger partial charge in [-0.15, -0.1) is 0 Å². The lowest BCUT2D eigenvalue weighted by Crippen LogP contribution is -2.36. The first-order valence-electron chi connectivity index (χ1n) is 6.97. The van der Waals surface area contributed by atoms with Crippen molar-refractivity contribution in [2.24, 2.45) is 5.41 Å². The molecular weight excluding hydrogens is 236 g/mol. The highest BCUT2D eigenvalue weighted by molar-refractivity contribution is 5.77. The minimum atomic E-state index is 0.0531. The highest BCUT2D eigenvalue weighted by Crippen LogP contribution is 2.29. The Morgan fingerprint density at radius 2 is 1.84 bits per heavy atom. The predicted molar refractivity (Wildman–Crippen MR) is 79.9 cm³/mol. The first-order chi connectivity index (χ1) is 8.92. The Morgan fingerprint density at radius 1 is 1.21 bits per heavy atom. The minimum absolute atomic E-state index is 0.0531. The van der Waals surface area contributed by atoms with Gasteiger partial charge in [0.2, 0.25) is 5.91 Å². The maximum absolute atomic E-state index is 11.6. The number of nitrogens with one attached hydrogen (secondary N) is 2. The van der Waals surface area contributed by atoms with Crippen LogP contribution in [0.4, 0.5) is 0 Å². The molecule has 0 spiro atoms. The molecule has 0 aliphatic heterocycles.